The van der Waals surface area contributed by atoms with Crippen molar-refractivity contribution in [3.05, 3.63) is 35.9 Å². The van der Waals surface area contributed by atoms with Gasteiger partial charge in [-0.3, -0.25) is 9.67 Å². The normalized spacial score (nSPS) is 17.1. The standard InChI is InChI=1S/C22H31N5O4/c1-15-18(25-19-13-23-10-8-17(19)20(28)30-5)14-24-27(15)16-7-6-11-26(12-9-16)21(29)31-22(2,3)4/h8,10,13-14,16,25H,6-7,9,11-12H2,1-5H3/t16-/m0/s1. The SMILES string of the molecule is COC(=O)c1ccncc1Nc1cnn([C@H]2CCCN(C(=O)OC(C)(C)C)CC2)c1C. The number of amides is 1. The van der Waals surface area contributed by atoms with Gasteiger partial charge in [-0.25, -0.2) is 9.59 Å². The van der Waals surface area contributed by atoms with Crippen LogP contribution in [0.2, 0.25) is 0 Å². The molecular weight excluding hydrogens is 398 g/mol. The lowest BCUT2D eigenvalue weighted by molar-refractivity contribution is 0.0255. The van der Waals surface area contributed by atoms with Gasteiger partial charge in [-0.05, 0) is 53.0 Å². The molecule has 0 bridgehead atoms. The highest BCUT2D eigenvalue weighted by atomic mass is 16.6. The van der Waals surface area contributed by atoms with Crippen LogP contribution in [-0.2, 0) is 9.47 Å². The van der Waals surface area contributed by atoms with E-state index in [4.69, 9.17) is 9.47 Å². The highest BCUT2D eigenvalue weighted by Gasteiger charge is 2.27. The summed E-state index contributed by atoms with van der Waals surface area (Å²) in [6.07, 6.45) is 7.22. The molecule has 1 saturated heterocycles. The first-order valence-corrected chi connectivity index (χ1v) is 10.5. The number of rotatable bonds is 4. The first-order valence-electron chi connectivity index (χ1n) is 10.5. The lowest BCUT2D eigenvalue weighted by atomic mass is 10.1. The highest BCUT2D eigenvalue weighted by molar-refractivity contribution is 5.96. The summed E-state index contributed by atoms with van der Waals surface area (Å²) >= 11 is 0. The Hall–Kier alpha value is -3.10. The minimum absolute atomic E-state index is 0.178. The topological polar surface area (TPSA) is 98.6 Å². The number of nitrogens with zero attached hydrogens (tertiary/aromatic N) is 4. The van der Waals surface area contributed by atoms with Crippen LogP contribution in [0.25, 0.3) is 0 Å². The number of likely N-dealkylation sites (tertiary alicyclic amines) is 1. The van der Waals surface area contributed by atoms with Crippen molar-refractivity contribution in [3.63, 3.8) is 0 Å². The lowest BCUT2D eigenvalue weighted by Gasteiger charge is -2.26. The number of hydrogen-bond acceptors (Lipinski definition) is 7. The van der Waals surface area contributed by atoms with Crippen molar-refractivity contribution in [1.82, 2.24) is 19.7 Å². The van der Waals surface area contributed by atoms with Crippen LogP contribution < -0.4 is 5.32 Å². The molecule has 1 aliphatic heterocycles. The lowest BCUT2D eigenvalue weighted by Crippen LogP contribution is -2.37. The third kappa shape index (κ3) is 5.53. The Labute approximate surface area is 182 Å². The van der Waals surface area contributed by atoms with Gasteiger partial charge in [-0.2, -0.15) is 5.10 Å². The van der Waals surface area contributed by atoms with Gasteiger partial charge in [0.1, 0.15) is 5.60 Å². The Morgan fingerprint density at radius 3 is 2.65 bits per heavy atom. The molecule has 1 N–H and O–H groups in total. The smallest absolute Gasteiger partial charge is 0.410 e. The number of anilines is 2. The van der Waals surface area contributed by atoms with Crippen molar-refractivity contribution in [2.75, 3.05) is 25.5 Å². The zero-order chi connectivity index (χ0) is 22.6. The molecule has 9 heteroatoms. The van der Waals surface area contributed by atoms with Crippen molar-refractivity contribution in [3.8, 4) is 0 Å². The van der Waals surface area contributed by atoms with Crippen molar-refractivity contribution in [2.45, 2.75) is 58.6 Å². The van der Waals surface area contributed by atoms with Crippen LogP contribution in [-0.4, -0.2) is 57.5 Å². The maximum atomic E-state index is 12.4. The Morgan fingerprint density at radius 1 is 1.16 bits per heavy atom. The van der Waals surface area contributed by atoms with E-state index in [1.807, 2.05) is 32.4 Å². The van der Waals surface area contributed by atoms with Crippen LogP contribution in [0.1, 0.15) is 62.1 Å². The van der Waals surface area contributed by atoms with E-state index in [0.29, 0.717) is 24.3 Å². The summed E-state index contributed by atoms with van der Waals surface area (Å²) < 4.78 is 12.4. The molecule has 0 aliphatic carbocycles. The molecule has 31 heavy (non-hydrogen) atoms. The molecule has 1 aliphatic rings. The first kappa shape index (κ1) is 22.6. The number of nitrogens with one attached hydrogen (secondary N) is 1. The number of methoxy groups -OCH3 is 1. The average Bonchev–Trinajstić information content (AvgIpc) is 2.92. The number of carbonyl (C=O) groups is 2. The predicted molar refractivity (Wildman–Crippen MR) is 117 cm³/mol. The molecule has 3 heterocycles. The molecule has 0 aromatic carbocycles. The van der Waals surface area contributed by atoms with Crippen LogP contribution in [0.3, 0.4) is 0 Å². The summed E-state index contributed by atoms with van der Waals surface area (Å²) in [5.41, 5.74) is 2.22. The van der Waals surface area contributed by atoms with E-state index in [-0.39, 0.29) is 12.1 Å². The van der Waals surface area contributed by atoms with Gasteiger partial charge in [0.15, 0.2) is 0 Å². The van der Waals surface area contributed by atoms with Crippen LogP contribution in [0.15, 0.2) is 24.7 Å². The van der Waals surface area contributed by atoms with E-state index in [2.05, 4.69) is 15.4 Å². The van der Waals surface area contributed by atoms with Gasteiger partial charge in [-0.15, -0.1) is 0 Å². The molecular formula is C22H31N5O4. The Kier molecular flexibility index (Phi) is 6.82. The second kappa shape index (κ2) is 9.36. The number of ether oxygens (including phenoxy) is 2. The quantitative estimate of drug-likeness (QED) is 0.731. The number of esters is 1. The number of aromatic nitrogens is 3. The van der Waals surface area contributed by atoms with E-state index in [9.17, 15) is 9.59 Å². The fourth-order valence-electron chi connectivity index (χ4n) is 3.67. The Balaban J connectivity index is 1.71. The minimum atomic E-state index is -0.503. The van der Waals surface area contributed by atoms with Crippen molar-refractivity contribution in [1.29, 1.82) is 0 Å². The second-order valence-electron chi connectivity index (χ2n) is 8.68. The minimum Gasteiger partial charge on any atom is -0.465 e. The summed E-state index contributed by atoms with van der Waals surface area (Å²) in [5.74, 6) is -0.430. The molecule has 3 rings (SSSR count). The van der Waals surface area contributed by atoms with E-state index in [1.165, 1.54) is 7.11 Å². The number of hydrogen-bond donors (Lipinski definition) is 1. The van der Waals surface area contributed by atoms with Crippen LogP contribution in [0, 0.1) is 6.92 Å². The van der Waals surface area contributed by atoms with Gasteiger partial charge in [0.25, 0.3) is 0 Å². The summed E-state index contributed by atoms with van der Waals surface area (Å²) in [7, 11) is 1.35. The largest absolute Gasteiger partial charge is 0.465 e. The third-order valence-electron chi connectivity index (χ3n) is 5.24. The van der Waals surface area contributed by atoms with Gasteiger partial charge >= 0.3 is 12.1 Å². The van der Waals surface area contributed by atoms with Gasteiger partial charge < -0.3 is 19.7 Å². The van der Waals surface area contributed by atoms with Gasteiger partial charge in [0.05, 0.1) is 48.2 Å². The fourth-order valence-corrected chi connectivity index (χ4v) is 3.67. The summed E-state index contributed by atoms with van der Waals surface area (Å²) in [4.78, 5) is 30.3. The Bertz CT molecular complexity index is 934. The molecule has 1 fully saturated rings. The molecule has 2 aromatic heterocycles. The maximum Gasteiger partial charge on any atom is 0.410 e. The first-order chi connectivity index (χ1) is 14.7. The van der Waals surface area contributed by atoms with Crippen LogP contribution in [0.5, 0.6) is 0 Å². The Morgan fingerprint density at radius 2 is 1.94 bits per heavy atom. The number of pyridine rings is 1. The molecule has 0 saturated carbocycles. The summed E-state index contributed by atoms with van der Waals surface area (Å²) in [6.45, 7) is 8.91. The van der Waals surface area contributed by atoms with Crippen LogP contribution >= 0.6 is 0 Å². The molecule has 2 aromatic rings. The second-order valence-corrected chi connectivity index (χ2v) is 8.68. The monoisotopic (exact) mass is 429 g/mol. The van der Waals surface area contributed by atoms with Crippen molar-refractivity contribution < 1.29 is 19.1 Å². The van der Waals surface area contributed by atoms with E-state index >= 15 is 0 Å². The maximum absolute atomic E-state index is 12.4. The van der Waals surface area contributed by atoms with Crippen molar-refractivity contribution in [2.24, 2.45) is 0 Å². The molecule has 1 atom stereocenters. The predicted octanol–water partition coefficient (Wildman–Crippen LogP) is 4.08. The van der Waals surface area contributed by atoms with Gasteiger partial charge in [-0.1, -0.05) is 0 Å². The fraction of sp³-hybridized carbons (Fsp3) is 0.545. The zero-order valence-corrected chi connectivity index (χ0v) is 18.8. The number of carbonyl (C=O) groups excluding carboxylic acids is 2. The van der Waals surface area contributed by atoms with Gasteiger partial charge in [0.2, 0.25) is 0 Å². The summed E-state index contributed by atoms with van der Waals surface area (Å²) in [5, 5.41) is 7.84. The average molecular weight is 430 g/mol. The van der Waals surface area contributed by atoms with Crippen molar-refractivity contribution >= 4 is 23.4 Å². The third-order valence-corrected chi connectivity index (χ3v) is 5.24. The molecule has 0 radical (unpaired) electrons. The van der Waals surface area contributed by atoms with E-state index in [0.717, 1.165) is 30.6 Å². The summed E-state index contributed by atoms with van der Waals surface area (Å²) in [6, 6.07) is 1.79. The molecule has 0 unspecified atom stereocenters. The van der Waals surface area contributed by atoms with Crippen LogP contribution in [0.4, 0.5) is 16.2 Å². The molecule has 168 valence electrons. The van der Waals surface area contributed by atoms with E-state index < -0.39 is 11.6 Å². The molecule has 0 spiro atoms. The molecule has 9 nitrogen and oxygen atoms in total. The molecule has 1 amide bonds. The van der Waals surface area contributed by atoms with Gasteiger partial charge in [0, 0.05) is 19.3 Å². The highest BCUT2D eigenvalue weighted by Crippen LogP contribution is 2.29. The zero-order valence-electron chi connectivity index (χ0n) is 18.8. The van der Waals surface area contributed by atoms with E-state index in [1.54, 1.807) is 29.6 Å².